The molecule has 1 aliphatic carbocycles. The molecule has 1 heterocycles. The second-order valence-corrected chi connectivity index (χ2v) is 12.0. The predicted octanol–water partition coefficient (Wildman–Crippen LogP) is 2.79. The molecule has 0 unspecified atom stereocenters. The van der Waals surface area contributed by atoms with Gasteiger partial charge in [-0.1, -0.05) is 33.3 Å². The fraction of sp³-hybridized carbons (Fsp3) is 0.609. The van der Waals surface area contributed by atoms with E-state index >= 15 is 0 Å². The number of anilines is 1. The highest BCUT2D eigenvalue weighted by Crippen LogP contribution is 2.45. The Balaban J connectivity index is 1.66. The molecule has 2 N–H and O–H groups in total. The van der Waals surface area contributed by atoms with Crippen molar-refractivity contribution in [3.63, 3.8) is 0 Å². The second kappa shape index (κ2) is 9.06. The van der Waals surface area contributed by atoms with Gasteiger partial charge in [-0.25, -0.2) is 17.5 Å². The fourth-order valence-corrected chi connectivity index (χ4v) is 5.58. The summed E-state index contributed by atoms with van der Waals surface area (Å²) in [6.07, 6.45) is 3.87. The van der Waals surface area contributed by atoms with Gasteiger partial charge in [-0.05, 0) is 55.2 Å². The van der Waals surface area contributed by atoms with Gasteiger partial charge < -0.3 is 10.6 Å². The number of urea groups is 1. The third-order valence-electron chi connectivity index (χ3n) is 7.30. The standard InChI is InChI=1S/C23H34N4O5S/c1-6-22(2,3)16-10-12-23(13-11-16)20(29)27(21(30)25-23)15-19(28)24-17-8-7-9-18(14-17)33(31,32)26(4)5/h7-9,14,16H,6,10-13,15H2,1-5H3,(H,24,28)(H,25,30). The van der Waals surface area contributed by atoms with Crippen LogP contribution < -0.4 is 10.6 Å². The van der Waals surface area contributed by atoms with Gasteiger partial charge in [0, 0.05) is 19.8 Å². The number of nitrogens with zero attached hydrogens (tertiary/aromatic N) is 2. The molecule has 2 aliphatic rings. The van der Waals surface area contributed by atoms with Crippen molar-refractivity contribution in [2.24, 2.45) is 11.3 Å². The van der Waals surface area contributed by atoms with Crippen LogP contribution in [0.15, 0.2) is 29.2 Å². The third kappa shape index (κ3) is 4.91. The largest absolute Gasteiger partial charge is 0.325 e. The van der Waals surface area contributed by atoms with E-state index in [2.05, 4.69) is 31.4 Å². The number of rotatable bonds is 7. The lowest BCUT2D eigenvalue weighted by Crippen LogP contribution is -2.51. The maximum Gasteiger partial charge on any atom is 0.325 e. The van der Waals surface area contributed by atoms with Crippen LogP contribution in [0, 0.1) is 11.3 Å². The molecule has 0 bridgehead atoms. The summed E-state index contributed by atoms with van der Waals surface area (Å²) in [5.41, 5.74) is -0.481. The minimum absolute atomic E-state index is 0.0333. The molecular formula is C23H34N4O5S. The topological polar surface area (TPSA) is 116 Å². The molecule has 1 saturated carbocycles. The molecule has 0 atom stereocenters. The molecule has 1 aliphatic heterocycles. The molecule has 0 aromatic heterocycles. The average Bonchev–Trinajstić information content (AvgIpc) is 2.98. The van der Waals surface area contributed by atoms with Gasteiger partial charge in [0.1, 0.15) is 12.1 Å². The van der Waals surface area contributed by atoms with Gasteiger partial charge in [0.15, 0.2) is 0 Å². The second-order valence-electron chi connectivity index (χ2n) is 9.88. The van der Waals surface area contributed by atoms with Gasteiger partial charge >= 0.3 is 6.03 Å². The molecule has 1 aromatic rings. The summed E-state index contributed by atoms with van der Waals surface area (Å²) in [5.74, 6) is -0.448. The first-order valence-corrected chi connectivity index (χ1v) is 12.7. The van der Waals surface area contributed by atoms with Gasteiger partial charge in [-0.3, -0.25) is 14.5 Å². The summed E-state index contributed by atoms with van der Waals surface area (Å²) in [7, 11) is -0.815. The van der Waals surface area contributed by atoms with Crippen molar-refractivity contribution in [1.82, 2.24) is 14.5 Å². The first-order chi connectivity index (χ1) is 15.3. The maximum absolute atomic E-state index is 13.1. The maximum atomic E-state index is 13.1. The Hall–Kier alpha value is -2.46. The van der Waals surface area contributed by atoms with Gasteiger partial charge in [0.2, 0.25) is 15.9 Å². The Morgan fingerprint density at radius 3 is 2.45 bits per heavy atom. The fourth-order valence-electron chi connectivity index (χ4n) is 4.63. The zero-order chi connectivity index (χ0) is 24.6. The number of carbonyl (C=O) groups is 3. The van der Waals surface area contributed by atoms with Gasteiger partial charge in [0.05, 0.1) is 4.90 Å². The number of benzene rings is 1. The highest BCUT2D eigenvalue weighted by Gasteiger charge is 2.53. The van der Waals surface area contributed by atoms with E-state index in [9.17, 15) is 22.8 Å². The number of nitrogens with one attached hydrogen (secondary N) is 2. The van der Waals surface area contributed by atoms with Crippen molar-refractivity contribution >= 4 is 33.6 Å². The summed E-state index contributed by atoms with van der Waals surface area (Å²) >= 11 is 0. The van der Waals surface area contributed by atoms with Gasteiger partial charge in [-0.2, -0.15) is 0 Å². The number of carbonyl (C=O) groups excluding carboxylic acids is 3. The molecule has 33 heavy (non-hydrogen) atoms. The highest BCUT2D eigenvalue weighted by molar-refractivity contribution is 7.89. The molecule has 1 spiro atoms. The van der Waals surface area contributed by atoms with Crippen LogP contribution in [0.2, 0.25) is 0 Å². The first kappa shape index (κ1) is 25.2. The van der Waals surface area contributed by atoms with Crippen molar-refractivity contribution in [1.29, 1.82) is 0 Å². The van der Waals surface area contributed by atoms with Crippen LogP contribution in [-0.2, 0) is 19.6 Å². The number of hydrogen-bond donors (Lipinski definition) is 2. The minimum Gasteiger partial charge on any atom is -0.324 e. The zero-order valence-electron chi connectivity index (χ0n) is 20.0. The van der Waals surface area contributed by atoms with Gasteiger partial charge in [0.25, 0.3) is 5.91 Å². The minimum atomic E-state index is -3.66. The van der Waals surface area contributed by atoms with E-state index in [-0.39, 0.29) is 21.9 Å². The van der Waals surface area contributed by atoms with Crippen LogP contribution >= 0.6 is 0 Å². The zero-order valence-corrected chi connectivity index (χ0v) is 20.8. The molecule has 10 heteroatoms. The molecule has 1 aromatic carbocycles. The molecule has 0 radical (unpaired) electrons. The summed E-state index contributed by atoms with van der Waals surface area (Å²) in [6.45, 7) is 6.21. The molecule has 182 valence electrons. The Bertz CT molecular complexity index is 1040. The van der Waals surface area contributed by atoms with E-state index in [0.717, 1.165) is 28.5 Å². The van der Waals surface area contributed by atoms with Crippen LogP contribution in [0.4, 0.5) is 10.5 Å². The monoisotopic (exact) mass is 478 g/mol. The molecule has 1 saturated heterocycles. The quantitative estimate of drug-likeness (QED) is 0.585. The number of amides is 4. The first-order valence-electron chi connectivity index (χ1n) is 11.3. The van der Waals surface area contributed by atoms with E-state index in [1.807, 2.05) is 0 Å². The van der Waals surface area contributed by atoms with E-state index in [1.165, 1.54) is 32.3 Å². The van der Waals surface area contributed by atoms with Crippen molar-refractivity contribution < 1.29 is 22.8 Å². The smallest absolute Gasteiger partial charge is 0.324 e. The Morgan fingerprint density at radius 2 is 1.88 bits per heavy atom. The average molecular weight is 479 g/mol. The van der Waals surface area contributed by atoms with Crippen LogP contribution in [0.1, 0.15) is 52.9 Å². The Morgan fingerprint density at radius 1 is 1.24 bits per heavy atom. The van der Waals surface area contributed by atoms with Crippen LogP contribution in [0.25, 0.3) is 0 Å². The normalized spacial score (nSPS) is 23.8. The van der Waals surface area contributed by atoms with E-state index in [0.29, 0.717) is 18.8 Å². The van der Waals surface area contributed by atoms with Gasteiger partial charge in [-0.15, -0.1) is 0 Å². The third-order valence-corrected chi connectivity index (χ3v) is 9.11. The summed E-state index contributed by atoms with van der Waals surface area (Å²) in [4.78, 5) is 39.3. The van der Waals surface area contributed by atoms with E-state index in [1.54, 1.807) is 6.07 Å². The van der Waals surface area contributed by atoms with Crippen LogP contribution in [-0.4, -0.2) is 61.6 Å². The number of hydrogen-bond acceptors (Lipinski definition) is 5. The van der Waals surface area contributed by atoms with Crippen molar-refractivity contribution in [3.8, 4) is 0 Å². The SMILES string of the molecule is CCC(C)(C)C1CCC2(CC1)NC(=O)N(CC(=O)Nc1cccc(S(=O)(=O)N(C)C)c1)C2=O. The molecule has 4 amide bonds. The summed E-state index contributed by atoms with van der Waals surface area (Å²) in [5, 5.41) is 5.43. The van der Waals surface area contributed by atoms with E-state index < -0.39 is 34.0 Å². The number of sulfonamides is 1. The number of imide groups is 1. The van der Waals surface area contributed by atoms with Crippen molar-refractivity contribution in [3.05, 3.63) is 24.3 Å². The molecule has 3 rings (SSSR count). The van der Waals surface area contributed by atoms with Crippen LogP contribution in [0.3, 0.4) is 0 Å². The van der Waals surface area contributed by atoms with Crippen molar-refractivity contribution in [2.75, 3.05) is 26.0 Å². The lowest BCUT2D eigenvalue weighted by atomic mass is 9.65. The lowest BCUT2D eigenvalue weighted by molar-refractivity contribution is -0.135. The van der Waals surface area contributed by atoms with Crippen molar-refractivity contribution in [2.45, 2.75) is 63.3 Å². The highest BCUT2D eigenvalue weighted by atomic mass is 32.2. The molecular weight excluding hydrogens is 444 g/mol. The summed E-state index contributed by atoms with van der Waals surface area (Å²) < 4.78 is 25.7. The predicted molar refractivity (Wildman–Crippen MR) is 125 cm³/mol. The molecule has 2 fully saturated rings. The van der Waals surface area contributed by atoms with E-state index in [4.69, 9.17) is 0 Å². The Labute approximate surface area is 195 Å². The molecule has 9 nitrogen and oxygen atoms in total. The Kier molecular flexibility index (Phi) is 6.91. The summed E-state index contributed by atoms with van der Waals surface area (Å²) in [6, 6.07) is 5.29. The van der Waals surface area contributed by atoms with Crippen LogP contribution in [0.5, 0.6) is 0 Å². The lowest BCUT2D eigenvalue weighted by Gasteiger charge is -2.42.